The molecular weight excluding hydrogens is 242 g/mol. The SMILES string of the molecule is CNC(C)(C)C(N)c1ccc2c(c1)NC(=O)C(C)O2. The van der Waals surface area contributed by atoms with Crippen LogP contribution in [0.1, 0.15) is 32.4 Å². The van der Waals surface area contributed by atoms with Gasteiger partial charge in [-0.25, -0.2) is 0 Å². The van der Waals surface area contributed by atoms with Crippen molar-refractivity contribution in [1.82, 2.24) is 5.32 Å². The van der Waals surface area contributed by atoms with Gasteiger partial charge in [-0.2, -0.15) is 0 Å². The van der Waals surface area contributed by atoms with Gasteiger partial charge in [-0.1, -0.05) is 6.07 Å². The lowest BCUT2D eigenvalue weighted by molar-refractivity contribution is -0.122. The number of hydrogen-bond acceptors (Lipinski definition) is 4. The van der Waals surface area contributed by atoms with Crippen LogP contribution in [0.3, 0.4) is 0 Å². The minimum Gasteiger partial charge on any atom is -0.479 e. The van der Waals surface area contributed by atoms with Crippen molar-refractivity contribution in [3.05, 3.63) is 23.8 Å². The summed E-state index contributed by atoms with van der Waals surface area (Å²) in [7, 11) is 1.88. The van der Waals surface area contributed by atoms with Crippen LogP contribution in [0.5, 0.6) is 5.75 Å². The molecule has 0 aromatic heterocycles. The molecular formula is C14H21N3O2. The molecule has 0 fully saturated rings. The second-order valence-electron chi connectivity index (χ2n) is 5.45. The molecule has 19 heavy (non-hydrogen) atoms. The number of hydrogen-bond donors (Lipinski definition) is 3. The van der Waals surface area contributed by atoms with Gasteiger partial charge < -0.3 is 21.1 Å². The third kappa shape index (κ3) is 2.57. The van der Waals surface area contributed by atoms with E-state index in [2.05, 4.69) is 10.6 Å². The first-order valence-corrected chi connectivity index (χ1v) is 6.41. The number of carbonyl (C=O) groups excluding carboxylic acids is 1. The molecule has 0 bridgehead atoms. The molecule has 5 nitrogen and oxygen atoms in total. The van der Waals surface area contributed by atoms with Crippen molar-refractivity contribution in [1.29, 1.82) is 0 Å². The van der Waals surface area contributed by atoms with E-state index < -0.39 is 6.10 Å². The first-order valence-electron chi connectivity index (χ1n) is 6.41. The lowest BCUT2D eigenvalue weighted by atomic mass is 9.89. The van der Waals surface area contributed by atoms with Crippen molar-refractivity contribution < 1.29 is 9.53 Å². The van der Waals surface area contributed by atoms with Crippen LogP contribution >= 0.6 is 0 Å². The van der Waals surface area contributed by atoms with Gasteiger partial charge in [0.1, 0.15) is 5.75 Å². The summed E-state index contributed by atoms with van der Waals surface area (Å²) >= 11 is 0. The van der Waals surface area contributed by atoms with Gasteiger partial charge in [-0.05, 0) is 45.5 Å². The van der Waals surface area contributed by atoms with Crippen LogP contribution in [0.15, 0.2) is 18.2 Å². The number of carbonyl (C=O) groups is 1. The number of anilines is 1. The molecule has 1 aromatic carbocycles. The quantitative estimate of drug-likeness (QED) is 0.770. The Bertz CT molecular complexity index is 499. The molecule has 0 radical (unpaired) electrons. The highest BCUT2D eigenvalue weighted by atomic mass is 16.5. The summed E-state index contributed by atoms with van der Waals surface area (Å²) in [6.07, 6.45) is -0.458. The fourth-order valence-electron chi connectivity index (χ4n) is 1.99. The molecule has 0 spiro atoms. The maximum atomic E-state index is 11.6. The first-order chi connectivity index (χ1) is 8.85. The summed E-state index contributed by atoms with van der Waals surface area (Å²) in [6.45, 7) is 5.80. The summed E-state index contributed by atoms with van der Waals surface area (Å²) in [5.41, 5.74) is 7.67. The second kappa shape index (κ2) is 4.83. The Kier molecular flexibility index (Phi) is 3.52. The fourth-order valence-corrected chi connectivity index (χ4v) is 1.99. The number of rotatable bonds is 3. The number of ether oxygens (including phenoxy) is 1. The smallest absolute Gasteiger partial charge is 0.265 e. The van der Waals surface area contributed by atoms with Gasteiger partial charge in [0.05, 0.1) is 5.69 Å². The lowest BCUT2D eigenvalue weighted by Gasteiger charge is -2.32. The van der Waals surface area contributed by atoms with Crippen molar-refractivity contribution >= 4 is 11.6 Å². The predicted molar refractivity (Wildman–Crippen MR) is 75.2 cm³/mol. The number of fused-ring (bicyclic) bond motifs is 1. The van der Waals surface area contributed by atoms with E-state index in [0.29, 0.717) is 11.4 Å². The molecule has 1 aliphatic heterocycles. The normalized spacial score (nSPS) is 20.3. The molecule has 1 amide bonds. The monoisotopic (exact) mass is 263 g/mol. The average Bonchev–Trinajstić information content (AvgIpc) is 2.38. The van der Waals surface area contributed by atoms with Crippen LogP contribution in [0.25, 0.3) is 0 Å². The average molecular weight is 263 g/mol. The Hall–Kier alpha value is -1.59. The second-order valence-corrected chi connectivity index (χ2v) is 5.45. The maximum Gasteiger partial charge on any atom is 0.265 e. The summed E-state index contributed by atoms with van der Waals surface area (Å²) in [5.74, 6) is 0.552. The van der Waals surface area contributed by atoms with E-state index in [-0.39, 0.29) is 17.5 Å². The largest absolute Gasteiger partial charge is 0.479 e. The fraction of sp³-hybridized carbons (Fsp3) is 0.500. The summed E-state index contributed by atoms with van der Waals surface area (Å²) < 4.78 is 5.52. The zero-order valence-corrected chi connectivity index (χ0v) is 11.8. The number of amides is 1. The molecule has 104 valence electrons. The van der Waals surface area contributed by atoms with Gasteiger partial charge in [0.15, 0.2) is 6.10 Å². The number of nitrogens with one attached hydrogen (secondary N) is 2. The third-order valence-electron chi connectivity index (χ3n) is 3.72. The Labute approximate surface area is 113 Å². The highest BCUT2D eigenvalue weighted by Crippen LogP contribution is 2.33. The first kappa shape index (κ1) is 13.8. The standard InChI is InChI=1S/C14H21N3O2/c1-8-13(18)17-10-7-9(5-6-11(10)19-8)12(15)14(2,3)16-4/h5-8,12,16H,15H2,1-4H3,(H,17,18). The summed E-state index contributed by atoms with van der Waals surface area (Å²) in [5, 5.41) is 6.03. The predicted octanol–water partition coefficient (Wildman–Crippen LogP) is 1.40. The summed E-state index contributed by atoms with van der Waals surface area (Å²) in [4.78, 5) is 11.6. The zero-order chi connectivity index (χ0) is 14.2. The van der Waals surface area contributed by atoms with E-state index in [1.165, 1.54) is 0 Å². The maximum absolute atomic E-state index is 11.6. The molecule has 4 N–H and O–H groups in total. The Morgan fingerprint density at radius 1 is 1.47 bits per heavy atom. The van der Waals surface area contributed by atoms with Crippen LogP contribution in [0.2, 0.25) is 0 Å². The Morgan fingerprint density at radius 2 is 2.16 bits per heavy atom. The van der Waals surface area contributed by atoms with Crippen LogP contribution in [0, 0.1) is 0 Å². The molecule has 1 heterocycles. The van der Waals surface area contributed by atoms with Crippen LogP contribution in [-0.4, -0.2) is 24.6 Å². The molecule has 2 atom stereocenters. The van der Waals surface area contributed by atoms with Crippen molar-refractivity contribution in [3.8, 4) is 5.75 Å². The van der Waals surface area contributed by atoms with E-state index in [9.17, 15) is 4.79 Å². The Morgan fingerprint density at radius 3 is 2.79 bits per heavy atom. The van der Waals surface area contributed by atoms with E-state index in [1.54, 1.807) is 6.92 Å². The zero-order valence-electron chi connectivity index (χ0n) is 11.8. The molecule has 1 aliphatic rings. The highest BCUT2D eigenvalue weighted by molar-refractivity contribution is 5.97. The molecule has 2 rings (SSSR count). The van der Waals surface area contributed by atoms with Gasteiger partial charge in [0.25, 0.3) is 5.91 Å². The van der Waals surface area contributed by atoms with E-state index in [4.69, 9.17) is 10.5 Å². The van der Waals surface area contributed by atoms with E-state index in [1.807, 2.05) is 39.1 Å². The number of likely N-dealkylation sites (N-methyl/N-ethyl adjacent to an activating group) is 1. The van der Waals surface area contributed by atoms with Gasteiger partial charge >= 0.3 is 0 Å². The van der Waals surface area contributed by atoms with Gasteiger partial charge in [0, 0.05) is 11.6 Å². The van der Waals surface area contributed by atoms with Crippen molar-refractivity contribution in [3.63, 3.8) is 0 Å². The van der Waals surface area contributed by atoms with E-state index in [0.717, 1.165) is 5.56 Å². The van der Waals surface area contributed by atoms with Crippen LogP contribution < -0.4 is 21.1 Å². The molecule has 5 heteroatoms. The van der Waals surface area contributed by atoms with Gasteiger partial charge in [-0.3, -0.25) is 4.79 Å². The molecule has 0 saturated heterocycles. The van der Waals surface area contributed by atoms with Crippen molar-refractivity contribution in [2.45, 2.75) is 38.5 Å². The Balaban J connectivity index is 2.32. The van der Waals surface area contributed by atoms with Crippen LogP contribution in [-0.2, 0) is 4.79 Å². The van der Waals surface area contributed by atoms with Gasteiger partial charge in [-0.15, -0.1) is 0 Å². The van der Waals surface area contributed by atoms with Crippen LogP contribution in [0.4, 0.5) is 5.69 Å². The number of benzene rings is 1. The van der Waals surface area contributed by atoms with Gasteiger partial charge in [0.2, 0.25) is 0 Å². The topological polar surface area (TPSA) is 76.4 Å². The van der Waals surface area contributed by atoms with E-state index >= 15 is 0 Å². The molecule has 2 unspecified atom stereocenters. The van der Waals surface area contributed by atoms with Crippen molar-refractivity contribution in [2.24, 2.45) is 5.73 Å². The number of nitrogens with two attached hydrogens (primary N) is 1. The molecule has 1 aromatic rings. The minimum atomic E-state index is -0.458. The molecule has 0 saturated carbocycles. The third-order valence-corrected chi connectivity index (χ3v) is 3.72. The minimum absolute atomic E-state index is 0.133. The highest BCUT2D eigenvalue weighted by Gasteiger charge is 2.28. The van der Waals surface area contributed by atoms with Crippen molar-refractivity contribution in [2.75, 3.05) is 12.4 Å². The molecule has 0 aliphatic carbocycles. The summed E-state index contributed by atoms with van der Waals surface area (Å²) in [6, 6.07) is 5.49. The lowest BCUT2D eigenvalue weighted by Crippen LogP contribution is -2.46.